The molecule has 0 radical (unpaired) electrons. The Balaban J connectivity index is 1.99. The van der Waals surface area contributed by atoms with Gasteiger partial charge in [0.15, 0.2) is 0 Å². The van der Waals surface area contributed by atoms with Crippen LogP contribution < -0.4 is 0 Å². The predicted octanol–water partition coefficient (Wildman–Crippen LogP) is 3.00. The van der Waals surface area contributed by atoms with Crippen molar-refractivity contribution in [3.05, 3.63) is 35.9 Å². The first-order valence-corrected chi connectivity index (χ1v) is 6.43. The average Bonchev–Trinajstić information content (AvgIpc) is 2.25. The molecule has 1 nitrogen and oxygen atoms in total. The first kappa shape index (κ1) is 11.6. The zero-order valence-electron chi connectivity index (χ0n) is 8.74. The fourth-order valence-electron chi connectivity index (χ4n) is 1.27. The Morgan fingerprint density at radius 3 is 2.64 bits per heavy atom. The minimum absolute atomic E-state index is 0.884. The molecule has 0 aliphatic carbocycles. The van der Waals surface area contributed by atoms with Crippen molar-refractivity contribution >= 4 is 11.8 Å². The van der Waals surface area contributed by atoms with Crippen LogP contribution >= 0.6 is 11.8 Å². The molecular formula is C12H18OS. The quantitative estimate of drug-likeness (QED) is 0.640. The molecule has 0 N–H and O–H groups in total. The van der Waals surface area contributed by atoms with Crippen LogP contribution in [0.4, 0.5) is 0 Å². The maximum absolute atomic E-state index is 5.47. The number of ether oxygens (including phenoxy) is 1. The van der Waals surface area contributed by atoms with Crippen LogP contribution in [0.3, 0.4) is 0 Å². The Kier molecular flexibility index (Phi) is 6.54. The molecule has 1 aromatic carbocycles. The van der Waals surface area contributed by atoms with Crippen molar-refractivity contribution in [2.45, 2.75) is 12.8 Å². The lowest BCUT2D eigenvalue weighted by Crippen LogP contribution is -2.00. The van der Waals surface area contributed by atoms with E-state index in [-0.39, 0.29) is 0 Å². The third-order valence-corrected chi connectivity index (χ3v) is 2.60. The highest BCUT2D eigenvalue weighted by Gasteiger charge is 1.92. The number of benzene rings is 1. The Bertz CT molecular complexity index is 223. The molecule has 0 aromatic heterocycles. The van der Waals surface area contributed by atoms with Gasteiger partial charge in [-0.1, -0.05) is 30.3 Å². The Morgan fingerprint density at radius 1 is 1.14 bits per heavy atom. The van der Waals surface area contributed by atoms with Crippen LogP contribution in [-0.4, -0.2) is 25.2 Å². The fourth-order valence-corrected chi connectivity index (χ4v) is 1.55. The zero-order chi connectivity index (χ0) is 10.1. The minimum Gasteiger partial charge on any atom is -0.381 e. The van der Waals surface area contributed by atoms with Crippen molar-refractivity contribution < 1.29 is 4.74 Å². The highest BCUT2D eigenvalue weighted by Crippen LogP contribution is 2.02. The van der Waals surface area contributed by atoms with Crippen LogP contribution in [0.25, 0.3) is 0 Å². The van der Waals surface area contributed by atoms with Gasteiger partial charge in [-0.25, -0.2) is 0 Å². The van der Waals surface area contributed by atoms with Gasteiger partial charge >= 0.3 is 0 Å². The molecule has 78 valence electrons. The molecule has 1 aromatic rings. The van der Waals surface area contributed by atoms with Crippen LogP contribution in [0.5, 0.6) is 0 Å². The summed E-state index contributed by atoms with van der Waals surface area (Å²) in [6.07, 6.45) is 4.35. The molecule has 0 spiro atoms. The minimum atomic E-state index is 0.884. The van der Waals surface area contributed by atoms with Crippen LogP contribution in [-0.2, 0) is 11.2 Å². The largest absolute Gasteiger partial charge is 0.381 e. The standard InChI is InChI=1S/C12H18OS/c1-14-11-10-13-9-5-8-12-6-3-2-4-7-12/h2-4,6-7H,5,8-11H2,1H3. The van der Waals surface area contributed by atoms with E-state index in [2.05, 4.69) is 36.6 Å². The maximum Gasteiger partial charge on any atom is 0.0556 e. The lowest BCUT2D eigenvalue weighted by Gasteiger charge is -2.03. The van der Waals surface area contributed by atoms with Crippen molar-refractivity contribution in [2.24, 2.45) is 0 Å². The summed E-state index contributed by atoms with van der Waals surface area (Å²) in [6, 6.07) is 10.6. The lowest BCUT2D eigenvalue weighted by atomic mass is 10.1. The molecule has 0 fully saturated rings. The summed E-state index contributed by atoms with van der Waals surface area (Å²) in [5, 5.41) is 0. The van der Waals surface area contributed by atoms with Gasteiger partial charge in [0.05, 0.1) is 6.61 Å². The Morgan fingerprint density at radius 2 is 1.93 bits per heavy atom. The molecule has 0 atom stereocenters. The van der Waals surface area contributed by atoms with E-state index in [0.717, 1.165) is 31.8 Å². The SMILES string of the molecule is CSCCOCCCc1ccccc1. The van der Waals surface area contributed by atoms with E-state index in [0.29, 0.717) is 0 Å². The zero-order valence-corrected chi connectivity index (χ0v) is 9.56. The maximum atomic E-state index is 5.47. The van der Waals surface area contributed by atoms with E-state index in [9.17, 15) is 0 Å². The summed E-state index contributed by atoms with van der Waals surface area (Å²) >= 11 is 1.83. The summed E-state index contributed by atoms with van der Waals surface area (Å²) < 4.78 is 5.47. The summed E-state index contributed by atoms with van der Waals surface area (Å²) in [6.45, 7) is 1.77. The summed E-state index contributed by atoms with van der Waals surface area (Å²) in [4.78, 5) is 0. The fraction of sp³-hybridized carbons (Fsp3) is 0.500. The molecule has 0 amide bonds. The average molecular weight is 210 g/mol. The lowest BCUT2D eigenvalue weighted by molar-refractivity contribution is 0.147. The highest BCUT2D eigenvalue weighted by atomic mass is 32.2. The van der Waals surface area contributed by atoms with Crippen LogP contribution in [0.15, 0.2) is 30.3 Å². The van der Waals surface area contributed by atoms with Crippen LogP contribution in [0, 0.1) is 0 Å². The van der Waals surface area contributed by atoms with Gasteiger partial charge in [-0.05, 0) is 24.7 Å². The molecule has 0 bridgehead atoms. The molecule has 0 saturated carbocycles. The molecule has 1 rings (SSSR count). The number of rotatable bonds is 7. The van der Waals surface area contributed by atoms with Crippen molar-refractivity contribution in [1.29, 1.82) is 0 Å². The summed E-state index contributed by atoms with van der Waals surface area (Å²) in [7, 11) is 0. The predicted molar refractivity (Wildman–Crippen MR) is 64.0 cm³/mol. The van der Waals surface area contributed by atoms with Crippen LogP contribution in [0.2, 0.25) is 0 Å². The summed E-state index contributed by atoms with van der Waals surface area (Å²) in [5.74, 6) is 1.10. The van der Waals surface area contributed by atoms with E-state index in [4.69, 9.17) is 4.74 Å². The number of aryl methyl sites for hydroxylation is 1. The summed E-state index contributed by atoms with van der Waals surface area (Å²) in [5.41, 5.74) is 1.40. The van der Waals surface area contributed by atoms with Gasteiger partial charge < -0.3 is 4.74 Å². The second-order valence-electron chi connectivity index (χ2n) is 3.19. The van der Waals surface area contributed by atoms with E-state index in [1.165, 1.54) is 5.56 Å². The third kappa shape index (κ3) is 5.30. The molecule has 0 heterocycles. The van der Waals surface area contributed by atoms with Gasteiger partial charge in [0.1, 0.15) is 0 Å². The molecule has 0 saturated heterocycles. The monoisotopic (exact) mass is 210 g/mol. The first-order chi connectivity index (χ1) is 6.93. The molecule has 14 heavy (non-hydrogen) atoms. The third-order valence-electron chi connectivity index (χ3n) is 2.03. The highest BCUT2D eigenvalue weighted by molar-refractivity contribution is 7.98. The van der Waals surface area contributed by atoms with E-state index >= 15 is 0 Å². The second kappa shape index (κ2) is 7.89. The smallest absolute Gasteiger partial charge is 0.0556 e. The van der Waals surface area contributed by atoms with Gasteiger partial charge in [-0.3, -0.25) is 0 Å². The van der Waals surface area contributed by atoms with Crippen molar-refractivity contribution in [2.75, 3.05) is 25.2 Å². The van der Waals surface area contributed by atoms with E-state index in [1.807, 2.05) is 11.8 Å². The van der Waals surface area contributed by atoms with Crippen molar-refractivity contribution in [1.82, 2.24) is 0 Å². The molecule has 0 unspecified atom stereocenters. The molecule has 2 heteroatoms. The topological polar surface area (TPSA) is 9.23 Å². The van der Waals surface area contributed by atoms with Crippen LogP contribution in [0.1, 0.15) is 12.0 Å². The Labute approximate surface area is 90.9 Å². The molecule has 0 aliphatic rings. The molecular weight excluding hydrogens is 192 g/mol. The van der Waals surface area contributed by atoms with Gasteiger partial charge in [0.25, 0.3) is 0 Å². The number of hydrogen-bond donors (Lipinski definition) is 0. The van der Waals surface area contributed by atoms with E-state index in [1.54, 1.807) is 0 Å². The second-order valence-corrected chi connectivity index (χ2v) is 4.18. The Hall–Kier alpha value is -0.470. The number of hydrogen-bond acceptors (Lipinski definition) is 2. The normalized spacial score (nSPS) is 10.4. The van der Waals surface area contributed by atoms with Gasteiger partial charge in [0, 0.05) is 12.4 Å². The number of thioether (sulfide) groups is 1. The van der Waals surface area contributed by atoms with Crippen molar-refractivity contribution in [3.8, 4) is 0 Å². The van der Waals surface area contributed by atoms with E-state index < -0.39 is 0 Å². The van der Waals surface area contributed by atoms with Gasteiger partial charge in [-0.15, -0.1) is 0 Å². The molecule has 0 aliphatic heterocycles. The van der Waals surface area contributed by atoms with Gasteiger partial charge in [0.2, 0.25) is 0 Å². The first-order valence-electron chi connectivity index (χ1n) is 5.04. The van der Waals surface area contributed by atoms with Crippen molar-refractivity contribution in [3.63, 3.8) is 0 Å². The van der Waals surface area contributed by atoms with Gasteiger partial charge in [-0.2, -0.15) is 11.8 Å².